The fourth-order valence-corrected chi connectivity index (χ4v) is 4.35. The van der Waals surface area contributed by atoms with Crippen LogP contribution in [0, 0.1) is 0 Å². The lowest BCUT2D eigenvalue weighted by atomic mass is 9.82. The van der Waals surface area contributed by atoms with Crippen molar-refractivity contribution in [2.45, 2.75) is 98.4 Å². The first-order chi connectivity index (χ1) is 15.1. The van der Waals surface area contributed by atoms with Crippen LogP contribution in [-0.2, 0) is 18.9 Å². The summed E-state index contributed by atoms with van der Waals surface area (Å²) in [6, 6.07) is -3.97. The summed E-state index contributed by atoms with van der Waals surface area (Å²) in [6.07, 6.45) is -10.7. The molecule has 0 bridgehead atoms. The normalized spacial score (nSPS) is 52.7. The lowest BCUT2D eigenvalue weighted by Gasteiger charge is -2.49. The third kappa shape index (κ3) is 5.08. The smallest absolute Gasteiger partial charge is 0.186 e. The van der Waals surface area contributed by atoms with Crippen molar-refractivity contribution in [2.75, 3.05) is 13.2 Å². The molecule has 188 valence electrons. The quantitative estimate of drug-likeness (QED) is 0.174. The second-order valence-electron chi connectivity index (χ2n) is 8.72. The highest BCUT2D eigenvalue weighted by Gasteiger charge is 2.53. The molecule has 32 heavy (non-hydrogen) atoms. The van der Waals surface area contributed by atoms with Gasteiger partial charge in [-0.1, -0.05) is 0 Å². The van der Waals surface area contributed by atoms with Gasteiger partial charge in [-0.25, -0.2) is 0 Å². The maximum absolute atomic E-state index is 11.0. The third-order valence-electron chi connectivity index (χ3n) is 6.50. The molecule has 1 aliphatic carbocycles. The molecular weight excluding hydrogens is 430 g/mol. The van der Waals surface area contributed by atoms with Gasteiger partial charge in [-0.05, 0) is 12.8 Å². The Hall–Kier alpha value is -0.560. The summed E-state index contributed by atoms with van der Waals surface area (Å²) in [5, 5.41) is 51.3. The molecule has 3 fully saturated rings. The van der Waals surface area contributed by atoms with Gasteiger partial charge in [0.1, 0.15) is 36.6 Å². The maximum Gasteiger partial charge on any atom is 0.186 e. The highest BCUT2D eigenvalue weighted by molar-refractivity contribution is 5.05. The van der Waals surface area contributed by atoms with Gasteiger partial charge in [-0.2, -0.15) is 0 Å². The summed E-state index contributed by atoms with van der Waals surface area (Å²) in [4.78, 5) is 0. The molecule has 1 saturated carbocycles. The second kappa shape index (κ2) is 10.8. The molecule has 2 heterocycles. The summed E-state index contributed by atoms with van der Waals surface area (Å²) >= 11 is 0. The van der Waals surface area contributed by atoms with Crippen LogP contribution < -0.4 is 28.7 Å². The third-order valence-corrected chi connectivity index (χ3v) is 6.50. The van der Waals surface area contributed by atoms with Crippen LogP contribution in [0.25, 0.3) is 0 Å². The highest BCUT2D eigenvalue weighted by Crippen LogP contribution is 2.30. The SMILES string of the molecule is NCC1CCC(N)[C@@H](OC2C(O)[C@@H](O[C@H]3OC(CO)[C@H](O)[C@H](N)C3O)[C@H](N)C(O)[C@@H]2N)O1. The molecule has 14 nitrogen and oxygen atoms in total. The molecule has 3 rings (SSSR count). The van der Waals surface area contributed by atoms with E-state index in [9.17, 15) is 25.5 Å². The van der Waals surface area contributed by atoms with Crippen molar-refractivity contribution in [2.24, 2.45) is 28.7 Å². The molecule has 0 spiro atoms. The summed E-state index contributed by atoms with van der Waals surface area (Å²) in [5.74, 6) is 0. The Morgan fingerprint density at radius 1 is 0.719 bits per heavy atom. The maximum atomic E-state index is 11.0. The molecule has 0 radical (unpaired) electrons. The van der Waals surface area contributed by atoms with Gasteiger partial charge in [-0.3, -0.25) is 0 Å². The van der Waals surface area contributed by atoms with Crippen LogP contribution in [0.5, 0.6) is 0 Å². The first-order valence-corrected chi connectivity index (χ1v) is 10.8. The molecule has 0 aromatic rings. The van der Waals surface area contributed by atoms with Crippen molar-refractivity contribution < 1.29 is 44.5 Å². The first kappa shape index (κ1) is 26.1. The van der Waals surface area contributed by atoms with Gasteiger partial charge in [-0.15, -0.1) is 0 Å². The minimum atomic E-state index is -1.50. The number of aliphatic hydroxyl groups excluding tert-OH is 5. The van der Waals surface area contributed by atoms with E-state index in [4.69, 9.17) is 47.6 Å². The summed E-state index contributed by atoms with van der Waals surface area (Å²) in [5.41, 5.74) is 29.7. The molecule has 2 saturated heterocycles. The lowest BCUT2D eigenvalue weighted by Crippen LogP contribution is -2.72. The Kier molecular flexibility index (Phi) is 8.79. The Bertz CT molecular complexity index is 607. The van der Waals surface area contributed by atoms with Gasteiger partial charge in [0.05, 0.1) is 43.0 Å². The van der Waals surface area contributed by atoms with Crippen molar-refractivity contribution in [3.8, 4) is 0 Å². The Morgan fingerprint density at radius 2 is 1.31 bits per heavy atom. The number of ether oxygens (including phenoxy) is 4. The van der Waals surface area contributed by atoms with E-state index in [2.05, 4.69) is 0 Å². The molecule has 0 aromatic heterocycles. The largest absolute Gasteiger partial charge is 0.394 e. The Labute approximate surface area is 185 Å². The predicted octanol–water partition coefficient (Wildman–Crippen LogP) is -6.30. The standard InChI is InChI=1S/C18H37N5O9/c19-3-5-1-2-6(20)17(29-5)31-15-9(22)12(26)10(23)16(14(15)28)32-18-13(27)8(21)11(25)7(4-24)30-18/h5-18,24-28H,1-4,19-23H2/t5?,6?,7?,8-,9-,10+,11-,12?,13?,14?,15?,16-,17+,18+/m0/s1. The highest BCUT2D eigenvalue weighted by atomic mass is 16.7. The van der Waals surface area contributed by atoms with Crippen molar-refractivity contribution in [3.63, 3.8) is 0 Å². The summed E-state index contributed by atoms with van der Waals surface area (Å²) in [7, 11) is 0. The topological polar surface area (TPSA) is 268 Å². The molecule has 14 atom stereocenters. The average molecular weight is 468 g/mol. The Morgan fingerprint density at radius 3 is 1.88 bits per heavy atom. The zero-order chi connectivity index (χ0) is 23.7. The second-order valence-corrected chi connectivity index (χ2v) is 8.72. The van der Waals surface area contributed by atoms with E-state index in [0.717, 1.165) is 0 Å². The van der Waals surface area contributed by atoms with Crippen LogP contribution in [0.2, 0.25) is 0 Å². The van der Waals surface area contributed by atoms with Crippen molar-refractivity contribution >= 4 is 0 Å². The van der Waals surface area contributed by atoms with Crippen LogP contribution in [0.4, 0.5) is 0 Å². The first-order valence-electron chi connectivity index (χ1n) is 10.8. The fraction of sp³-hybridized carbons (Fsp3) is 1.00. The van der Waals surface area contributed by atoms with Crippen LogP contribution >= 0.6 is 0 Å². The van der Waals surface area contributed by atoms with Crippen molar-refractivity contribution in [3.05, 3.63) is 0 Å². The Balaban J connectivity index is 1.74. The molecule has 0 aromatic carbocycles. The number of nitrogens with two attached hydrogens (primary N) is 5. The van der Waals surface area contributed by atoms with Crippen molar-refractivity contribution in [1.29, 1.82) is 0 Å². The van der Waals surface area contributed by atoms with Crippen LogP contribution in [0.15, 0.2) is 0 Å². The van der Waals surface area contributed by atoms with E-state index < -0.39 is 86.1 Å². The van der Waals surface area contributed by atoms with Gasteiger partial charge in [0.15, 0.2) is 12.6 Å². The van der Waals surface area contributed by atoms with E-state index in [1.807, 2.05) is 0 Å². The zero-order valence-electron chi connectivity index (χ0n) is 17.7. The molecule has 15 N–H and O–H groups in total. The van der Waals surface area contributed by atoms with Crippen LogP contribution in [0.1, 0.15) is 12.8 Å². The monoisotopic (exact) mass is 467 g/mol. The predicted molar refractivity (Wildman–Crippen MR) is 108 cm³/mol. The van der Waals surface area contributed by atoms with Gasteiger partial charge in [0.2, 0.25) is 0 Å². The van der Waals surface area contributed by atoms with E-state index in [-0.39, 0.29) is 12.6 Å². The van der Waals surface area contributed by atoms with Crippen LogP contribution in [0.3, 0.4) is 0 Å². The average Bonchev–Trinajstić information content (AvgIpc) is 2.79. The van der Waals surface area contributed by atoms with Gasteiger partial charge < -0.3 is 73.1 Å². The number of aliphatic hydroxyl groups is 5. The molecule has 3 aliphatic rings. The summed E-state index contributed by atoms with van der Waals surface area (Å²) < 4.78 is 22.7. The molecular formula is C18H37N5O9. The van der Waals surface area contributed by atoms with E-state index in [1.54, 1.807) is 0 Å². The molecule has 0 amide bonds. The van der Waals surface area contributed by atoms with Gasteiger partial charge in [0, 0.05) is 6.54 Å². The van der Waals surface area contributed by atoms with Crippen molar-refractivity contribution in [1.82, 2.24) is 0 Å². The fourth-order valence-electron chi connectivity index (χ4n) is 4.35. The van der Waals surface area contributed by atoms with E-state index >= 15 is 0 Å². The van der Waals surface area contributed by atoms with Crippen LogP contribution in [-0.4, -0.2) is 124 Å². The van der Waals surface area contributed by atoms with E-state index in [1.165, 1.54) is 0 Å². The van der Waals surface area contributed by atoms with Gasteiger partial charge >= 0.3 is 0 Å². The number of hydrogen-bond donors (Lipinski definition) is 10. The van der Waals surface area contributed by atoms with E-state index in [0.29, 0.717) is 12.8 Å². The number of rotatable bonds is 6. The number of hydrogen-bond acceptors (Lipinski definition) is 14. The summed E-state index contributed by atoms with van der Waals surface area (Å²) in [6.45, 7) is -0.320. The lowest BCUT2D eigenvalue weighted by molar-refractivity contribution is -0.318. The minimum absolute atomic E-state index is 0.264. The van der Waals surface area contributed by atoms with Gasteiger partial charge in [0.25, 0.3) is 0 Å². The molecule has 2 aliphatic heterocycles. The molecule has 14 heteroatoms. The zero-order valence-corrected chi connectivity index (χ0v) is 17.7. The molecule has 7 unspecified atom stereocenters. The minimum Gasteiger partial charge on any atom is -0.394 e.